The fourth-order valence-corrected chi connectivity index (χ4v) is 2.50. The van der Waals surface area contributed by atoms with Crippen LogP contribution in [-0.2, 0) is 4.74 Å². The third kappa shape index (κ3) is 3.13. The number of hydrogen-bond donors (Lipinski definition) is 0. The number of fused-ring (bicyclic) bond motifs is 1. The summed E-state index contributed by atoms with van der Waals surface area (Å²) < 4.78 is 10.2. The van der Waals surface area contributed by atoms with E-state index in [2.05, 4.69) is 4.98 Å². The second-order valence-electron chi connectivity index (χ2n) is 5.18. The van der Waals surface area contributed by atoms with Gasteiger partial charge in [-0.25, -0.2) is 9.78 Å². The summed E-state index contributed by atoms with van der Waals surface area (Å²) in [4.78, 5) is 16.7. The van der Waals surface area contributed by atoms with Crippen LogP contribution in [0.25, 0.3) is 23.1 Å². The van der Waals surface area contributed by atoms with Crippen LogP contribution in [0.15, 0.2) is 54.6 Å². The molecular weight excluding hydrogens is 302 g/mol. The van der Waals surface area contributed by atoms with Gasteiger partial charge in [-0.05, 0) is 30.4 Å². The number of methoxy groups -OCH3 is 2. The maximum atomic E-state index is 12.1. The molecule has 0 bridgehead atoms. The highest BCUT2D eigenvalue weighted by molar-refractivity contribution is 5.98. The van der Waals surface area contributed by atoms with Crippen LogP contribution in [0.4, 0.5) is 0 Å². The van der Waals surface area contributed by atoms with E-state index in [-0.39, 0.29) is 0 Å². The van der Waals surface area contributed by atoms with Crippen LogP contribution < -0.4 is 4.74 Å². The summed E-state index contributed by atoms with van der Waals surface area (Å²) in [6, 6.07) is 17.1. The lowest BCUT2D eigenvalue weighted by atomic mass is 10.1. The SMILES string of the molecule is COC(=O)c1cc2ccccc2nc1/C=C/c1ccccc1OC. The van der Waals surface area contributed by atoms with Crippen LogP contribution >= 0.6 is 0 Å². The minimum Gasteiger partial charge on any atom is -0.496 e. The molecule has 3 rings (SSSR count). The summed E-state index contributed by atoms with van der Waals surface area (Å²) in [7, 11) is 2.99. The van der Waals surface area contributed by atoms with Gasteiger partial charge >= 0.3 is 5.97 Å². The first kappa shape index (κ1) is 15.7. The monoisotopic (exact) mass is 319 g/mol. The first-order chi connectivity index (χ1) is 11.7. The first-order valence-corrected chi connectivity index (χ1v) is 7.52. The average molecular weight is 319 g/mol. The van der Waals surface area contributed by atoms with Crippen molar-refractivity contribution in [3.8, 4) is 5.75 Å². The van der Waals surface area contributed by atoms with Gasteiger partial charge in [-0.15, -0.1) is 0 Å². The van der Waals surface area contributed by atoms with E-state index in [1.807, 2.05) is 54.6 Å². The molecule has 0 atom stereocenters. The number of benzene rings is 2. The molecule has 0 aliphatic carbocycles. The molecule has 1 aromatic heterocycles. The summed E-state index contributed by atoms with van der Waals surface area (Å²) in [6.45, 7) is 0. The van der Waals surface area contributed by atoms with Crippen LogP contribution in [-0.4, -0.2) is 25.2 Å². The average Bonchev–Trinajstić information content (AvgIpc) is 2.65. The topological polar surface area (TPSA) is 48.4 Å². The molecule has 0 radical (unpaired) electrons. The minimum atomic E-state index is -0.409. The fourth-order valence-electron chi connectivity index (χ4n) is 2.50. The van der Waals surface area contributed by atoms with Gasteiger partial charge in [-0.3, -0.25) is 0 Å². The second kappa shape index (κ2) is 6.96. The zero-order valence-electron chi connectivity index (χ0n) is 13.5. The Labute approximate surface area is 140 Å². The van der Waals surface area contributed by atoms with Crippen molar-refractivity contribution in [1.29, 1.82) is 0 Å². The molecule has 1 heterocycles. The lowest BCUT2D eigenvalue weighted by Crippen LogP contribution is -2.05. The second-order valence-corrected chi connectivity index (χ2v) is 5.18. The van der Waals surface area contributed by atoms with Gasteiger partial charge in [0.05, 0.1) is 31.0 Å². The highest BCUT2D eigenvalue weighted by Crippen LogP contribution is 2.23. The van der Waals surface area contributed by atoms with Gasteiger partial charge in [-0.2, -0.15) is 0 Å². The van der Waals surface area contributed by atoms with E-state index in [1.54, 1.807) is 19.3 Å². The zero-order chi connectivity index (χ0) is 16.9. The number of para-hydroxylation sites is 2. The van der Waals surface area contributed by atoms with Crippen molar-refractivity contribution < 1.29 is 14.3 Å². The normalized spacial score (nSPS) is 10.9. The van der Waals surface area contributed by atoms with Crippen molar-refractivity contribution in [2.45, 2.75) is 0 Å². The highest BCUT2D eigenvalue weighted by Gasteiger charge is 2.13. The van der Waals surface area contributed by atoms with Crippen molar-refractivity contribution >= 4 is 29.0 Å². The number of ether oxygens (including phenoxy) is 2. The van der Waals surface area contributed by atoms with Gasteiger partial charge < -0.3 is 9.47 Å². The van der Waals surface area contributed by atoms with Crippen molar-refractivity contribution in [2.24, 2.45) is 0 Å². The van der Waals surface area contributed by atoms with Crippen LogP contribution in [0.1, 0.15) is 21.6 Å². The quantitative estimate of drug-likeness (QED) is 0.676. The van der Waals surface area contributed by atoms with E-state index in [0.717, 1.165) is 22.2 Å². The van der Waals surface area contributed by atoms with Gasteiger partial charge in [-0.1, -0.05) is 36.4 Å². The number of aromatic nitrogens is 1. The molecule has 0 amide bonds. The Bertz CT molecular complexity index is 916. The lowest BCUT2D eigenvalue weighted by Gasteiger charge is -2.07. The molecule has 0 N–H and O–H groups in total. The molecule has 0 saturated heterocycles. The number of rotatable bonds is 4. The van der Waals surface area contributed by atoms with E-state index < -0.39 is 5.97 Å². The van der Waals surface area contributed by atoms with E-state index in [1.165, 1.54) is 7.11 Å². The molecule has 0 aliphatic heterocycles. The van der Waals surface area contributed by atoms with Crippen LogP contribution in [0.5, 0.6) is 5.75 Å². The Morgan fingerprint density at radius 2 is 1.75 bits per heavy atom. The summed E-state index contributed by atoms with van der Waals surface area (Å²) in [5.74, 6) is 0.349. The van der Waals surface area contributed by atoms with E-state index in [9.17, 15) is 4.79 Å². The number of nitrogens with zero attached hydrogens (tertiary/aromatic N) is 1. The van der Waals surface area contributed by atoms with E-state index >= 15 is 0 Å². The lowest BCUT2D eigenvalue weighted by molar-refractivity contribution is 0.0600. The smallest absolute Gasteiger partial charge is 0.340 e. The first-order valence-electron chi connectivity index (χ1n) is 7.52. The van der Waals surface area contributed by atoms with Crippen LogP contribution in [0.3, 0.4) is 0 Å². The number of carbonyl (C=O) groups is 1. The van der Waals surface area contributed by atoms with Gasteiger partial charge in [0.25, 0.3) is 0 Å². The molecule has 0 fully saturated rings. The molecule has 0 unspecified atom stereocenters. The maximum absolute atomic E-state index is 12.1. The summed E-state index contributed by atoms with van der Waals surface area (Å²) >= 11 is 0. The number of esters is 1. The van der Waals surface area contributed by atoms with Crippen molar-refractivity contribution in [3.05, 3.63) is 71.4 Å². The molecule has 2 aromatic carbocycles. The Balaban J connectivity index is 2.10. The Morgan fingerprint density at radius 3 is 2.54 bits per heavy atom. The molecule has 24 heavy (non-hydrogen) atoms. The number of carbonyl (C=O) groups excluding carboxylic acids is 1. The van der Waals surface area contributed by atoms with Gasteiger partial charge in [0.1, 0.15) is 5.75 Å². The van der Waals surface area contributed by atoms with Crippen LogP contribution in [0, 0.1) is 0 Å². The fraction of sp³-hybridized carbons (Fsp3) is 0.100. The molecule has 4 heteroatoms. The van der Waals surface area contributed by atoms with Gasteiger partial charge in [0.15, 0.2) is 0 Å². The maximum Gasteiger partial charge on any atom is 0.340 e. The summed E-state index contributed by atoms with van der Waals surface area (Å²) in [6.07, 6.45) is 3.68. The number of hydrogen-bond acceptors (Lipinski definition) is 4. The predicted octanol–water partition coefficient (Wildman–Crippen LogP) is 4.20. The molecule has 0 saturated carbocycles. The van der Waals surface area contributed by atoms with Gasteiger partial charge in [0.2, 0.25) is 0 Å². The molecule has 0 aliphatic rings. The summed E-state index contributed by atoms with van der Waals surface area (Å²) in [5.41, 5.74) is 2.73. The zero-order valence-corrected chi connectivity index (χ0v) is 13.5. The Morgan fingerprint density at radius 1 is 1.00 bits per heavy atom. The third-order valence-corrected chi connectivity index (χ3v) is 3.72. The summed E-state index contributed by atoms with van der Waals surface area (Å²) in [5, 5.41) is 0.896. The predicted molar refractivity (Wildman–Crippen MR) is 95.0 cm³/mol. The molecule has 4 nitrogen and oxygen atoms in total. The molecule has 120 valence electrons. The van der Waals surface area contributed by atoms with Crippen LogP contribution in [0.2, 0.25) is 0 Å². The largest absolute Gasteiger partial charge is 0.496 e. The Kier molecular flexibility index (Phi) is 4.57. The minimum absolute atomic E-state index is 0.409. The molecule has 3 aromatic rings. The van der Waals surface area contributed by atoms with Gasteiger partial charge in [0, 0.05) is 10.9 Å². The van der Waals surface area contributed by atoms with Crippen molar-refractivity contribution in [1.82, 2.24) is 4.98 Å². The van der Waals surface area contributed by atoms with E-state index in [0.29, 0.717) is 11.3 Å². The van der Waals surface area contributed by atoms with Crippen molar-refractivity contribution in [3.63, 3.8) is 0 Å². The van der Waals surface area contributed by atoms with E-state index in [4.69, 9.17) is 9.47 Å². The van der Waals surface area contributed by atoms with Crippen molar-refractivity contribution in [2.75, 3.05) is 14.2 Å². The molecular formula is C20H17NO3. The third-order valence-electron chi connectivity index (χ3n) is 3.72. The highest BCUT2D eigenvalue weighted by atomic mass is 16.5. The Hall–Kier alpha value is -3.14. The number of pyridine rings is 1. The molecule has 0 spiro atoms. The standard InChI is InChI=1S/C20H17NO3/c1-23-19-10-6-4-7-14(19)11-12-18-16(20(22)24-2)13-15-8-3-5-9-17(15)21-18/h3-13H,1-2H3/b12-11+.